The summed E-state index contributed by atoms with van der Waals surface area (Å²) in [5.74, 6) is 1.18. The molecule has 3 aliphatic rings. The molecule has 2 aromatic heterocycles. The lowest BCUT2D eigenvalue weighted by Gasteiger charge is -2.59. The fraction of sp³-hybridized carbons (Fsp3) is 0.600. The largest absolute Gasteiger partial charge is 0.380 e. The number of piperidine rings is 1. The lowest BCUT2D eigenvalue weighted by molar-refractivity contribution is -0.150. The zero-order valence-electron chi connectivity index (χ0n) is 17.0. The van der Waals surface area contributed by atoms with Crippen molar-refractivity contribution >= 4 is 29.1 Å². The predicted molar refractivity (Wildman–Crippen MR) is 113 cm³/mol. The number of halogens is 1. The van der Waals surface area contributed by atoms with Gasteiger partial charge in [0.15, 0.2) is 5.82 Å². The Hall–Kier alpha value is -2.41. The van der Waals surface area contributed by atoms with Crippen LogP contribution in [0.1, 0.15) is 19.3 Å². The third-order valence-corrected chi connectivity index (χ3v) is 6.94. The molecule has 9 nitrogen and oxygen atoms in total. The number of rotatable bonds is 5. The molecule has 5 heterocycles. The van der Waals surface area contributed by atoms with Gasteiger partial charge in [-0.15, -0.1) is 0 Å². The monoisotopic (exact) mass is 428 g/mol. The van der Waals surface area contributed by atoms with Gasteiger partial charge in [0.25, 0.3) is 0 Å². The van der Waals surface area contributed by atoms with E-state index in [1.807, 2.05) is 13.2 Å². The van der Waals surface area contributed by atoms with E-state index in [-0.39, 0.29) is 5.54 Å². The van der Waals surface area contributed by atoms with E-state index in [0.717, 1.165) is 57.9 Å². The maximum Gasteiger partial charge on any atom is 0.229 e. The molecule has 0 atom stereocenters. The summed E-state index contributed by atoms with van der Waals surface area (Å²) in [6, 6.07) is 2.41. The minimum atomic E-state index is -0.133. The van der Waals surface area contributed by atoms with Crippen molar-refractivity contribution in [2.24, 2.45) is 12.5 Å². The molecule has 3 saturated heterocycles. The van der Waals surface area contributed by atoms with Crippen LogP contribution in [0.2, 0.25) is 5.02 Å². The second kappa shape index (κ2) is 7.38. The molecule has 1 spiro atoms. The normalized spacial score (nSPS) is 22.2. The fourth-order valence-corrected chi connectivity index (χ4v) is 4.99. The topological polar surface area (TPSA) is 95.1 Å². The second-order valence-corrected chi connectivity index (χ2v) is 9.20. The van der Waals surface area contributed by atoms with Crippen LogP contribution in [0.15, 0.2) is 18.6 Å². The number of likely N-dealkylation sites (tertiary alicyclic amines) is 1. The number of nitriles is 1. The number of aromatic nitrogens is 4. The first kappa shape index (κ1) is 19.5. The SMILES string of the molecule is Cn1cc(Nc2ncc(Cl)c(N3CC(CC#N)(N4CCC5(CC4)COC5)C3)n2)cn1. The Morgan fingerprint density at radius 1 is 1.27 bits per heavy atom. The van der Waals surface area contributed by atoms with Gasteiger partial charge in [-0.3, -0.25) is 9.58 Å². The highest BCUT2D eigenvalue weighted by molar-refractivity contribution is 6.32. The lowest BCUT2D eigenvalue weighted by atomic mass is 9.74. The molecule has 5 rings (SSSR count). The van der Waals surface area contributed by atoms with Gasteiger partial charge in [0.1, 0.15) is 5.02 Å². The molecule has 0 radical (unpaired) electrons. The number of hydrogen-bond acceptors (Lipinski definition) is 8. The van der Waals surface area contributed by atoms with Crippen LogP contribution in [-0.2, 0) is 11.8 Å². The smallest absolute Gasteiger partial charge is 0.229 e. The van der Waals surface area contributed by atoms with Gasteiger partial charge in [-0.25, -0.2) is 4.98 Å². The Bertz CT molecular complexity index is 965. The molecule has 0 aromatic carbocycles. The summed E-state index contributed by atoms with van der Waals surface area (Å²) in [5.41, 5.74) is 1.07. The second-order valence-electron chi connectivity index (χ2n) is 8.79. The molecule has 0 aliphatic carbocycles. The van der Waals surface area contributed by atoms with Gasteiger partial charge in [0.2, 0.25) is 5.95 Å². The van der Waals surface area contributed by atoms with Crippen LogP contribution in [0, 0.1) is 16.7 Å². The first-order chi connectivity index (χ1) is 14.5. The van der Waals surface area contributed by atoms with Crippen molar-refractivity contribution in [1.29, 1.82) is 5.26 Å². The fourth-order valence-electron chi connectivity index (χ4n) is 4.77. The summed E-state index contributed by atoms with van der Waals surface area (Å²) < 4.78 is 7.16. The van der Waals surface area contributed by atoms with Crippen LogP contribution >= 0.6 is 11.6 Å². The molecule has 3 aliphatic heterocycles. The molecule has 1 N–H and O–H groups in total. The van der Waals surface area contributed by atoms with Crippen molar-refractivity contribution in [3.8, 4) is 6.07 Å². The van der Waals surface area contributed by atoms with Gasteiger partial charge >= 0.3 is 0 Å². The zero-order valence-corrected chi connectivity index (χ0v) is 17.8. The number of nitrogens with one attached hydrogen (secondary N) is 1. The average Bonchev–Trinajstić information content (AvgIpc) is 3.10. The van der Waals surface area contributed by atoms with E-state index in [1.54, 1.807) is 17.1 Å². The molecule has 10 heteroatoms. The highest BCUT2D eigenvalue weighted by Gasteiger charge is 2.52. The van der Waals surface area contributed by atoms with E-state index in [1.165, 1.54) is 0 Å². The molecule has 2 aromatic rings. The van der Waals surface area contributed by atoms with Crippen LogP contribution in [0.5, 0.6) is 0 Å². The Balaban J connectivity index is 1.29. The summed E-state index contributed by atoms with van der Waals surface area (Å²) in [4.78, 5) is 13.6. The van der Waals surface area contributed by atoms with Crippen molar-refractivity contribution in [2.45, 2.75) is 24.8 Å². The van der Waals surface area contributed by atoms with Crippen molar-refractivity contribution in [3.05, 3.63) is 23.6 Å². The number of anilines is 3. The molecule has 30 heavy (non-hydrogen) atoms. The van der Waals surface area contributed by atoms with E-state index in [9.17, 15) is 5.26 Å². The number of hydrogen-bond donors (Lipinski definition) is 1. The van der Waals surface area contributed by atoms with Crippen LogP contribution in [-0.4, -0.2) is 69.6 Å². The van der Waals surface area contributed by atoms with Crippen molar-refractivity contribution < 1.29 is 4.74 Å². The van der Waals surface area contributed by atoms with E-state index in [2.05, 4.69) is 36.3 Å². The van der Waals surface area contributed by atoms with Crippen molar-refractivity contribution in [3.63, 3.8) is 0 Å². The highest BCUT2D eigenvalue weighted by atomic mass is 35.5. The van der Waals surface area contributed by atoms with E-state index < -0.39 is 0 Å². The molecule has 0 bridgehead atoms. The Kier molecular flexibility index (Phi) is 4.81. The summed E-state index contributed by atoms with van der Waals surface area (Å²) in [6.45, 7) is 5.30. The van der Waals surface area contributed by atoms with Gasteiger partial charge in [0, 0.05) is 31.7 Å². The van der Waals surface area contributed by atoms with Crippen molar-refractivity contribution in [2.75, 3.05) is 49.6 Å². The van der Waals surface area contributed by atoms with E-state index >= 15 is 0 Å². The number of ether oxygens (including phenoxy) is 1. The summed E-state index contributed by atoms with van der Waals surface area (Å²) >= 11 is 6.43. The predicted octanol–water partition coefficient (Wildman–Crippen LogP) is 2.19. The zero-order chi connectivity index (χ0) is 20.8. The molecule has 0 amide bonds. The average molecular weight is 429 g/mol. The maximum atomic E-state index is 9.49. The Morgan fingerprint density at radius 2 is 2.03 bits per heavy atom. The van der Waals surface area contributed by atoms with Gasteiger partial charge in [-0.2, -0.15) is 15.3 Å². The molecule has 158 valence electrons. The third kappa shape index (κ3) is 3.39. The number of nitrogens with zero attached hydrogens (tertiary/aromatic N) is 7. The van der Waals surface area contributed by atoms with E-state index in [0.29, 0.717) is 28.6 Å². The third-order valence-electron chi connectivity index (χ3n) is 6.68. The molecular weight excluding hydrogens is 404 g/mol. The molecule has 0 unspecified atom stereocenters. The van der Waals surface area contributed by atoms with Crippen LogP contribution in [0.25, 0.3) is 0 Å². The standard InChI is InChI=1S/C20H25ClN8O/c1-27-10-15(8-24-27)25-18-23-9-16(21)17(26-18)28-11-20(12-28,2-5-22)29-6-3-19(4-7-29)13-30-14-19/h8-10H,2-4,6-7,11-14H2,1H3,(H,23,25,26). The van der Waals surface area contributed by atoms with Crippen molar-refractivity contribution in [1.82, 2.24) is 24.6 Å². The van der Waals surface area contributed by atoms with E-state index in [4.69, 9.17) is 16.3 Å². The molecule has 3 fully saturated rings. The van der Waals surface area contributed by atoms with Gasteiger partial charge in [-0.05, 0) is 25.9 Å². The van der Waals surface area contributed by atoms with Crippen LogP contribution < -0.4 is 10.2 Å². The number of aryl methyl sites for hydroxylation is 1. The first-order valence-corrected chi connectivity index (χ1v) is 10.6. The highest BCUT2D eigenvalue weighted by Crippen LogP contribution is 2.43. The quantitative estimate of drug-likeness (QED) is 0.774. The van der Waals surface area contributed by atoms with Gasteiger partial charge in [0.05, 0.1) is 49.3 Å². The maximum absolute atomic E-state index is 9.49. The first-order valence-electron chi connectivity index (χ1n) is 10.2. The van der Waals surface area contributed by atoms with Crippen LogP contribution in [0.4, 0.5) is 17.5 Å². The summed E-state index contributed by atoms with van der Waals surface area (Å²) in [5, 5.41) is 17.3. The van der Waals surface area contributed by atoms with Crippen LogP contribution in [0.3, 0.4) is 0 Å². The Morgan fingerprint density at radius 3 is 2.63 bits per heavy atom. The lowest BCUT2D eigenvalue weighted by Crippen LogP contribution is -2.72. The summed E-state index contributed by atoms with van der Waals surface area (Å²) in [7, 11) is 1.86. The summed E-state index contributed by atoms with van der Waals surface area (Å²) in [6.07, 6.45) is 8.00. The van der Waals surface area contributed by atoms with Gasteiger partial charge in [-0.1, -0.05) is 11.6 Å². The molecule has 0 saturated carbocycles. The Labute approximate surface area is 180 Å². The minimum Gasteiger partial charge on any atom is -0.380 e. The molecular formula is C20H25ClN8O. The minimum absolute atomic E-state index is 0.133. The van der Waals surface area contributed by atoms with Gasteiger partial charge < -0.3 is 15.0 Å².